The predicted octanol–water partition coefficient (Wildman–Crippen LogP) is 2.36. The summed E-state index contributed by atoms with van der Waals surface area (Å²) in [6, 6.07) is 0.518. The van der Waals surface area contributed by atoms with Crippen molar-refractivity contribution in [1.29, 1.82) is 0 Å². The second kappa shape index (κ2) is 4.52. The molecule has 0 radical (unpaired) electrons. The molecule has 0 spiro atoms. The topological polar surface area (TPSA) is 40.5 Å². The average Bonchev–Trinajstić information content (AvgIpc) is 2.82. The van der Waals surface area contributed by atoms with Crippen LogP contribution in [-0.2, 0) is 4.79 Å². The maximum absolute atomic E-state index is 10.6. The number of rotatable bonds is 5. The number of hydrogen-bond donors (Lipinski definition) is 1. The molecule has 1 N–H and O–H groups in total. The Morgan fingerprint density at radius 3 is 2.33 bits per heavy atom. The lowest BCUT2D eigenvalue weighted by Crippen LogP contribution is -2.48. The van der Waals surface area contributed by atoms with Gasteiger partial charge in [-0.3, -0.25) is 9.69 Å². The third-order valence-corrected chi connectivity index (χ3v) is 3.22. The van der Waals surface area contributed by atoms with E-state index in [-0.39, 0.29) is 12.0 Å². The van der Waals surface area contributed by atoms with Crippen LogP contribution >= 0.6 is 0 Å². The van der Waals surface area contributed by atoms with E-state index in [4.69, 9.17) is 5.11 Å². The first-order valence-electron chi connectivity index (χ1n) is 5.81. The van der Waals surface area contributed by atoms with Crippen LogP contribution in [0.25, 0.3) is 0 Å². The van der Waals surface area contributed by atoms with Crippen LogP contribution in [-0.4, -0.2) is 34.1 Å². The molecular formula is C12H23NO2. The van der Waals surface area contributed by atoms with Gasteiger partial charge in [-0.1, -0.05) is 0 Å². The first kappa shape index (κ1) is 12.5. The van der Waals surface area contributed by atoms with Crippen molar-refractivity contribution >= 4 is 5.97 Å². The summed E-state index contributed by atoms with van der Waals surface area (Å²) in [5.74, 6) is 0.0882. The summed E-state index contributed by atoms with van der Waals surface area (Å²) in [7, 11) is 0. The summed E-state index contributed by atoms with van der Waals surface area (Å²) in [6.45, 7) is 9.37. The molecule has 1 atom stereocenters. The number of hydrogen-bond acceptors (Lipinski definition) is 2. The monoisotopic (exact) mass is 213 g/mol. The molecule has 1 unspecified atom stereocenters. The van der Waals surface area contributed by atoms with Crippen molar-refractivity contribution < 1.29 is 9.90 Å². The van der Waals surface area contributed by atoms with Gasteiger partial charge in [0.05, 0.1) is 6.42 Å². The van der Waals surface area contributed by atoms with Crippen LogP contribution in [0.5, 0.6) is 0 Å². The Kier molecular flexibility index (Phi) is 3.77. The first-order valence-corrected chi connectivity index (χ1v) is 5.81. The number of aliphatic carboxylic acids is 1. The Labute approximate surface area is 92.5 Å². The van der Waals surface area contributed by atoms with Gasteiger partial charge in [0.15, 0.2) is 0 Å². The second-order valence-electron chi connectivity index (χ2n) is 5.59. The van der Waals surface area contributed by atoms with E-state index in [0.29, 0.717) is 12.6 Å². The quantitative estimate of drug-likeness (QED) is 0.762. The highest BCUT2D eigenvalue weighted by Gasteiger charge is 2.36. The normalized spacial score (nSPS) is 19.3. The lowest BCUT2D eigenvalue weighted by Gasteiger charge is -2.40. The van der Waals surface area contributed by atoms with Crippen LogP contribution in [0.2, 0.25) is 0 Å². The van der Waals surface area contributed by atoms with Crippen molar-refractivity contribution in [1.82, 2.24) is 4.90 Å². The molecule has 1 aliphatic carbocycles. The molecule has 0 heterocycles. The average molecular weight is 213 g/mol. The van der Waals surface area contributed by atoms with Gasteiger partial charge in [-0.05, 0) is 46.5 Å². The molecule has 0 aromatic heterocycles. The van der Waals surface area contributed by atoms with Gasteiger partial charge in [-0.15, -0.1) is 0 Å². The van der Waals surface area contributed by atoms with E-state index in [9.17, 15) is 4.79 Å². The fourth-order valence-electron chi connectivity index (χ4n) is 2.20. The largest absolute Gasteiger partial charge is 0.481 e. The van der Waals surface area contributed by atoms with Crippen LogP contribution in [0.4, 0.5) is 0 Å². The van der Waals surface area contributed by atoms with Gasteiger partial charge < -0.3 is 5.11 Å². The van der Waals surface area contributed by atoms with E-state index >= 15 is 0 Å². The molecule has 0 aromatic carbocycles. The van der Waals surface area contributed by atoms with Crippen molar-refractivity contribution in [3.05, 3.63) is 0 Å². The molecule has 0 bridgehead atoms. The lowest BCUT2D eigenvalue weighted by atomic mass is 10.0. The Morgan fingerprint density at radius 2 is 2.00 bits per heavy atom. The van der Waals surface area contributed by atoms with E-state index < -0.39 is 5.97 Å². The molecule has 88 valence electrons. The highest BCUT2D eigenvalue weighted by molar-refractivity contribution is 5.66. The van der Waals surface area contributed by atoms with Gasteiger partial charge in [-0.2, -0.15) is 0 Å². The molecule has 3 heteroatoms. The van der Waals surface area contributed by atoms with Gasteiger partial charge in [0.1, 0.15) is 0 Å². The third kappa shape index (κ3) is 3.82. The van der Waals surface area contributed by atoms with Gasteiger partial charge in [0, 0.05) is 18.1 Å². The van der Waals surface area contributed by atoms with Crippen LogP contribution in [0.3, 0.4) is 0 Å². The minimum absolute atomic E-state index is 0.0669. The fourth-order valence-corrected chi connectivity index (χ4v) is 2.20. The Morgan fingerprint density at radius 1 is 1.47 bits per heavy atom. The molecule has 0 aromatic rings. The number of carboxylic acid groups (broad SMARTS) is 1. The molecule has 1 rings (SSSR count). The highest BCUT2D eigenvalue weighted by atomic mass is 16.4. The highest BCUT2D eigenvalue weighted by Crippen LogP contribution is 2.37. The molecule has 15 heavy (non-hydrogen) atoms. The summed E-state index contributed by atoms with van der Waals surface area (Å²) < 4.78 is 0. The molecular weight excluding hydrogens is 190 g/mol. The summed E-state index contributed by atoms with van der Waals surface area (Å²) in [6.07, 6.45) is 2.86. The smallest absolute Gasteiger partial charge is 0.304 e. The third-order valence-electron chi connectivity index (χ3n) is 3.22. The molecule has 0 amide bonds. The van der Waals surface area contributed by atoms with E-state index in [1.807, 2.05) is 0 Å². The zero-order chi connectivity index (χ0) is 11.6. The summed E-state index contributed by atoms with van der Waals surface area (Å²) >= 11 is 0. The van der Waals surface area contributed by atoms with E-state index in [1.54, 1.807) is 0 Å². The first-order chi connectivity index (χ1) is 6.82. The molecule has 1 aliphatic rings. The minimum Gasteiger partial charge on any atom is -0.481 e. The van der Waals surface area contributed by atoms with E-state index in [1.165, 1.54) is 12.8 Å². The van der Waals surface area contributed by atoms with Crippen molar-refractivity contribution in [3.8, 4) is 0 Å². The number of carbonyl (C=O) groups is 1. The fraction of sp³-hybridized carbons (Fsp3) is 0.917. The molecule has 0 aliphatic heterocycles. The van der Waals surface area contributed by atoms with Crippen LogP contribution in [0.1, 0.15) is 47.0 Å². The zero-order valence-corrected chi connectivity index (χ0v) is 10.3. The van der Waals surface area contributed by atoms with Gasteiger partial charge in [-0.25, -0.2) is 0 Å². The van der Waals surface area contributed by atoms with Gasteiger partial charge >= 0.3 is 5.97 Å². The van der Waals surface area contributed by atoms with Crippen LogP contribution in [0, 0.1) is 5.92 Å². The molecule has 1 fully saturated rings. The van der Waals surface area contributed by atoms with Crippen molar-refractivity contribution in [2.75, 3.05) is 6.54 Å². The minimum atomic E-state index is -0.702. The van der Waals surface area contributed by atoms with E-state index in [0.717, 1.165) is 5.92 Å². The van der Waals surface area contributed by atoms with Gasteiger partial charge in [0.2, 0.25) is 0 Å². The summed E-state index contributed by atoms with van der Waals surface area (Å²) in [4.78, 5) is 12.9. The standard InChI is InChI=1S/C12H23NO2/c1-9(10-5-6-10)13(12(2,3)4)8-7-11(14)15/h9-10H,5-8H2,1-4H3,(H,14,15). The number of carboxylic acids is 1. The maximum Gasteiger partial charge on any atom is 0.304 e. The maximum atomic E-state index is 10.6. The SMILES string of the molecule is CC(C1CC1)N(CCC(=O)O)C(C)(C)C. The van der Waals surface area contributed by atoms with Crippen LogP contribution in [0.15, 0.2) is 0 Å². The Bertz CT molecular complexity index is 228. The van der Waals surface area contributed by atoms with E-state index in [2.05, 4.69) is 32.6 Å². The predicted molar refractivity (Wildman–Crippen MR) is 60.9 cm³/mol. The molecule has 1 saturated carbocycles. The summed E-state index contributed by atoms with van der Waals surface area (Å²) in [5, 5.41) is 8.74. The Hall–Kier alpha value is -0.570. The van der Waals surface area contributed by atoms with Crippen molar-refractivity contribution in [2.45, 2.75) is 58.5 Å². The number of nitrogens with zero attached hydrogens (tertiary/aromatic N) is 1. The van der Waals surface area contributed by atoms with Crippen molar-refractivity contribution in [2.24, 2.45) is 5.92 Å². The molecule has 0 saturated heterocycles. The second-order valence-corrected chi connectivity index (χ2v) is 5.59. The lowest BCUT2D eigenvalue weighted by molar-refractivity contribution is -0.137. The zero-order valence-electron chi connectivity index (χ0n) is 10.3. The van der Waals surface area contributed by atoms with Gasteiger partial charge in [0.25, 0.3) is 0 Å². The van der Waals surface area contributed by atoms with Crippen molar-refractivity contribution in [3.63, 3.8) is 0 Å². The molecule has 3 nitrogen and oxygen atoms in total. The van der Waals surface area contributed by atoms with Crippen LogP contribution < -0.4 is 0 Å². The Balaban J connectivity index is 2.56. The summed E-state index contributed by atoms with van der Waals surface area (Å²) in [5.41, 5.74) is 0.0669.